The molecule has 0 aliphatic heterocycles. The Balaban J connectivity index is 1.77. The molecule has 4 aromatic carbocycles. The van der Waals surface area contributed by atoms with Gasteiger partial charge in [-0.1, -0.05) is 0 Å². The molecule has 0 radical (unpaired) electrons. The van der Waals surface area contributed by atoms with E-state index in [9.17, 15) is 9.18 Å². The number of amides is 1. The molecule has 1 saturated carbocycles. The fraction of sp³-hybridized carbons (Fsp3) is 0.194. The average molecular weight is 484 g/mol. The second-order valence-electron chi connectivity index (χ2n) is 9.65. The molecule has 1 amide bonds. The summed E-state index contributed by atoms with van der Waals surface area (Å²) < 4.78 is 14.0. The summed E-state index contributed by atoms with van der Waals surface area (Å²) in [5.41, 5.74) is 2.22. The molecule has 1 N–H and O–H groups in total. The van der Waals surface area contributed by atoms with E-state index in [1.54, 1.807) is 0 Å². The van der Waals surface area contributed by atoms with E-state index in [1.165, 1.54) is 28.0 Å². The summed E-state index contributed by atoms with van der Waals surface area (Å²) in [4.78, 5) is 14.5. The average Bonchev–Trinajstić information content (AvgIpc) is 2.85. The van der Waals surface area contributed by atoms with E-state index in [2.05, 4.69) is 78.1 Å². The minimum absolute atomic E-state index is 0.0461. The van der Waals surface area contributed by atoms with E-state index in [-0.39, 0.29) is 11.7 Å². The number of anilines is 1. The van der Waals surface area contributed by atoms with Crippen molar-refractivity contribution in [2.75, 3.05) is 5.32 Å². The summed E-state index contributed by atoms with van der Waals surface area (Å²) in [6.07, 6.45) is 2.65. The Kier molecular flexibility index (Phi) is 6.30. The van der Waals surface area contributed by atoms with Crippen LogP contribution in [-0.2, 0) is 4.79 Å². The Morgan fingerprint density at radius 2 is 1.14 bits per heavy atom. The zero-order valence-corrected chi connectivity index (χ0v) is 21.2. The number of hydrogen-bond acceptors (Lipinski definition) is 1. The topological polar surface area (TPSA) is 29.1 Å². The third-order valence-corrected chi connectivity index (χ3v) is 13.5. The van der Waals surface area contributed by atoms with Crippen molar-refractivity contribution in [3.05, 3.63) is 120 Å². The molecule has 1 fully saturated rings. The van der Waals surface area contributed by atoms with Crippen LogP contribution in [0.15, 0.2) is 103 Å². The molecule has 0 bridgehead atoms. The van der Waals surface area contributed by atoms with Crippen molar-refractivity contribution in [3.63, 3.8) is 0 Å². The van der Waals surface area contributed by atoms with Gasteiger partial charge in [-0.2, -0.15) is 0 Å². The van der Waals surface area contributed by atoms with Crippen LogP contribution in [0.3, 0.4) is 0 Å². The molecule has 0 spiro atoms. The predicted octanol–water partition coefficient (Wildman–Crippen LogP) is 6.03. The number of carbonyl (C=O) groups excluding carboxylic acids is 1. The predicted molar refractivity (Wildman–Crippen MR) is 148 cm³/mol. The van der Waals surface area contributed by atoms with Crippen LogP contribution < -0.4 is 21.2 Å². The molecule has 0 aromatic heterocycles. The van der Waals surface area contributed by atoms with Gasteiger partial charge in [-0.3, -0.25) is 0 Å². The summed E-state index contributed by atoms with van der Waals surface area (Å²) in [7, 11) is -2.84. The van der Waals surface area contributed by atoms with Crippen LogP contribution >= 0.6 is 7.26 Å². The molecule has 5 rings (SSSR count). The van der Waals surface area contributed by atoms with Crippen LogP contribution in [0.25, 0.3) is 0 Å². The number of halogens is 1. The van der Waals surface area contributed by atoms with Crippen molar-refractivity contribution < 1.29 is 9.18 Å². The molecule has 0 saturated heterocycles. The number of rotatable bonds is 6. The van der Waals surface area contributed by atoms with Crippen LogP contribution in [0.4, 0.5) is 10.1 Å². The number of carbonyl (C=O) groups is 1. The van der Waals surface area contributed by atoms with Gasteiger partial charge in [0.05, 0.1) is 0 Å². The third kappa shape index (κ3) is 3.79. The van der Waals surface area contributed by atoms with Crippen LogP contribution in [0.5, 0.6) is 0 Å². The van der Waals surface area contributed by atoms with Gasteiger partial charge in [0.15, 0.2) is 0 Å². The molecule has 35 heavy (non-hydrogen) atoms. The summed E-state index contributed by atoms with van der Waals surface area (Å²) in [5.74, 6) is -0.234. The Hall–Kier alpha value is -3.29. The first kappa shape index (κ1) is 23.5. The molecule has 0 atom stereocenters. The van der Waals surface area contributed by atoms with Gasteiger partial charge < -0.3 is 0 Å². The zero-order chi connectivity index (χ0) is 24.5. The van der Waals surface area contributed by atoms with Crippen molar-refractivity contribution in [1.82, 2.24) is 0 Å². The monoisotopic (exact) mass is 483 g/mol. The fourth-order valence-electron chi connectivity index (χ4n) is 6.04. The van der Waals surface area contributed by atoms with Crippen LogP contribution in [0.2, 0.25) is 0 Å². The molecular weight excluding hydrogens is 452 g/mol. The first-order chi connectivity index (χ1) is 17.0. The molecule has 0 unspecified atom stereocenters. The molecule has 4 aromatic rings. The molecule has 1 aliphatic carbocycles. The zero-order valence-electron chi connectivity index (χ0n) is 20.2. The number of aryl methyl sites for hydroxylation is 2. The second-order valence-corrected chi connectivity index (χ2v) is 13.8. The van der Waals surface area contributed by atoms with Crippen molar-refractivity contribution in [2.24, 2.45) is 0 Å². The van der Waals surface area contributed by atoms with Gasteiger partial charge in [0.1, 0.15) is 0 Å². The summed E-state index contributed by atoms with van der Waals surface area (Å²) >= 11 is 0. The maximum absolute atomic E-state index is 14.5. The number of hydrogen-bond donors (Lipinski definition) is 1. The normalized spacial score (nSPS) is 15.2. The van der Waals surface area contributed by atoms with Gasteiger partial charge in [0.2, 0.25) is 0 Å². The van der Waals surface area contributed by atoms with E-state index in [0.717, 1.165) is 36.1 Å². The van der Waals surface area contributed by atoms with E-state index in [4.69, 9.17) is 0 Å². The first-order valence-corrected chi connectivity index (χ1v) is 14.2. The molecule has 0 heterocycles. The van der Waals surface area contributed by atoms with Crippen molar-refractivity contribution in [2.45, 2.75) is 38.3 Å². The molecule has 2 nitrogen and oxygen atoms in total. The second kappa shape index (κ2) is 9.40. The van der Waals surface area contributed by atoms with E-state index < -0.39 is 12.4 Å². The summed E-state index contributed by atoms with van der Waals surface area (Å²) in [6.45, 7) is 3.71. The van der Waals surface area contributed by atoms with Gasteiger partial charge in [0.25, 0.3) is 0 Å². The van der Waals surface area contributed by atoms with Crippen LogP contribution in [-0.4, -0.2) is 11.1 Å². The van der Waals surface area contributed by atoms with Gasteiger partial charge in [-0.05, 0) is 0 Å². The Morgan fingerprint density at radius 1 is 0.743 bits per heavy atom. The Morgan fingerprint density at radius 3 is 1.49 bits per heavy atom. The van der Waals surface area contributed by atoms with Gasteiger partial charge in [-0.25, -0.2) is 0 Å². The van der Waals surface area contributed by atoms with E-state index in [1.807, 2.05) is 32.0 Å². The van der Waals surface area contributed by atoms with Crippen LogP contribution in [0.1, 0.15) is 30.4 Å². The Labute approximate surface area is 207 Å². The van der Waals surface area contributed by atoms with Crippen molar-refractivity contribution in [3.8, 4) is 0 Å². The van der Waals surface area contributed by atoms with Crippen molar-refractivity contribution in [1.29, 1.82) is 0 Å². The Bertz CT molecular complexity index is 1210. The SMILES string of the molecule is Cc1cc(F)cc(C)c1NC(=O)C1([PH](c2ccccc2)(c2ccccc2)c2ccccc2)CCC1. The molecule has 4 heteroatoms. The van der Waals surface area contributed by atoms with Gasteiger partial charge in [0, 0.05) is 0 Å². The van der Waals surface area contributed by atoms with Crippen molar-refractivity contribution >= 4 is 34.8 Å². The first-order valence-electron chi connectivity index (χ1n) is 12.2. The van der Waals surface area contributed by atoms with E-state index in [0.29, 0.717) is 0 Å². The van der Waals surface area contributed by atoms with Gasteiger partial charge >= 0.3 is 208 Å². The summed E-state index contributed by atoms with van der Waals surface area (Å²) in [5, 5.41) is 6.43. The van der Waals surface area contributed by atoms with Gasteiger partial charge in [-0.15, -0.1) is 0 Å². The molecule has 178 valence electrons. The minimum atomic E-state index is -2.84. The van der Waals surface area contributed by atoms with E-state index >= 15 is 0 Å². The third-order valence-electron chi connectivity index (χ3n) is 7.72. The number of nitrogens with one attached hydrogen (secondary N) is 1. The van der Waals surface area contributed by atoms with Crippen LogP contribution in [0, 0.1) is 19.7 Å². The summed E-state index contributed by atoms with van der Waals surface area (Å²) in [6, 6.07) is 34.8. The maximum atomic E-state index is 14.5. The molecular formula is C31H31FNOP. The molecule has 1 aliphatic rings. The standard InChI is InChI=1S/C31H31FNOP/c1-23-21-25(32)22-24(2)29(23)33-30(34)31(19-12-20-31)35(26-13-6-3-7-14-26,27-15-8-4-9-16-27)28-17-10-5-11-18-28/h3-11,13-18,21-22,35H,12,19-20H2,1-2H3,(H,33,34). The number of benzene rings is 4. The quantitative estimate of drug-likeness (QED) is 0.334. The fourth-order valence-corrected chi connectivity index (χ4v) is 12.3.